The first-order valence-electron chi connectivity index (χ1n) is 9.90. The molecule has 3 aromatic rings. The number of carbonyl (C=O) groups is 1. The van der Waals surface area contributed by atoms with E-state index in [4.69, 9.17) is 0 Å². The summed E-state index contributed by atoms with van der Waals surface area (Å²) < 4.78 is 1.70. The van der Waals surface area contributed by atoms with Gasteiger partial charge in [0, 0.05) is 35.7 Å². The molecule has 0 radical (unpaired) electrons. The van der Waals surface area contributed by atoms with E-state index in [1.165, 1.54) is 6.07 Å². The van der Waals surface area contributed by atoms with Gasteiger partial charge in [-0.3, -0.25) is 14.9 Å². The molecule has 0 unspecified atom stereocenters. The van der Waals surface area contributed by atoms with Crippen LogP contribution >= 0.6 is 11.3 Å². The van der Waals surface area contributed by atoms with E-state index < -0.39 is 10.8 Å². The zero-order valence-electron chi connectivity index (χ0n) is 16.7. The largest absolute Gasteiger partial charge is 0.366 e. The second kappa shape index (κ2) is 8.66. The number of hydrogen-bond donors (Lipinski definition) is 1. The second-order valence-electron chi connectivity index (χ2n) is 7.54. The fourth-order valence-corrected chi connectivity index (χ4v) is 4.32. The van der Waals surface area contributed by atoms with Crippen LogP contribution in [0.4, 0.5) is 17.2 Å². The van der Waals surface area contributed by atoms with Crippen LogP contribution < -0.4 is 10.2 Å². The van der Waals surface area contributed by atoms with Crippen molar-refractivity contribution >= 4 is 34.4 Å². The number of thiophene rings is 1. The van der Waals surface area contributed by atoms with Gasteiger partial charge in [0.05, 0.1) is 17.7 Å². The van der Waals surface area contributed by atoms with Crippen LogP contribution in [0.15, 0.2) is 48.0 Å². The van der Waals surface area contributed by atoms with Gasteiger partial charge in [-0.1, -0.05) is 13.0 Å². The summed E-state index contributed by atoms with van der Waals surface area (Å²) >= 11 is 1.61. The third-order valence-electron chi connectivity index (χ3n) is 5.40. The van der Waals surface area contributed by atoms with E-state index in [-0.39, 0.29) is 11.3 Å². The van der Waals surface area contributed by atoms with Gasteiger partial charge in [0.15, 0.2) is 0 Å². The summed E-state index contributed by atoms with van der Waals surface area (Å²) in [6.45, 7) is 4.32. The molecule has 0 saturated carbocycles. The fourth-order valence-electron chi connectivity index (χ4n) is 3.63. The number of amides is 1. The smallest absolute Gasteiger partial charge is 0.293 e. The maximum Gasteiger partial charge on any atom is 0.293 e. The van der Waals surface area contributed by atoms with Crippen molar-refractivity contribution in [2.45, 2.75) is 26.3 Å². The van der Waals surface area contributed by atoms with Gasteiger partial charge in [-0.15, -0.1) is 11.3 Å². The van der Waals surface area contributed by atoms with Crippen molar-refractivity contribution in [2.24, 2.45) is 5.92 Å². The van der Waals surface area contributed by atoms with Crippen LogP contribution in [0.2, 0.25) is 0 Å². The Morgan fingerprint density at radius 3 is 2.80 bits per heavy atom. The predicted octanol–water partition coefficient (Wildman–Crippen LogP) is 4.39. The van der Waals surface area contributed by atoms with E-state index in [1.807, 2.05) is 22.4 Å². The first kappa shape index (κ1) is 20.1. The number of nitro groups is 1. The first-order valence-corrected chi connectivity index (χ1v) is 10.8. The first-order chi connectivity index (χ1) is 14.5. The van der Waals surface area contributed by atoms with Crippen LogP contribution in [0.1, 0.15) is 35.0 Å². The van der Waals surface area contributed by atoms with E-state index in [9.17, 15) is 14.9 Å². The van der Waals surface area contributed by atoms with Gasteiger partial charge in [0.1, 0.15) is 11.5 Å². The van der Waals surface area contributed by atoms with E-state index in [2.05, 4.69) is 17.3 Å². The Labute approximate surface area is 178 Å². The monoisotopic (exact) mass is 425 g/mol. The Morgan fingerprint density at radius 2 is 2.10 bits per heavy atom. The molecule has 8 nitrogen and oxygen atoms in total. The molecule has 1 aromatic carbocycles. The number of rotatable bonds is 6. The molecule has 2 aromatic heterocycles. The molecular formula is C21H23N5O3S. The average Bonchev–Trinajstić information content (AvgIpc) is 3.41. The highest BCUT2D eigenvalue weighted by molar-refractivity contribution is 7.09. The van der Waals surface area contributed by atoms with Gasteiger partial charge in [-0.05, 0) is 42.3 Å². The van der Waals surface area contributed by atoms with Crippen LogP contribution in [0.5, 0.6) is 0 Å². The number of piperidine rings is 1. The van der Waals surface area contributed by atoms with Gasteiger partial charge in [0.25, 0.3) is 11.6 Å². The van der Waals surface area contributed by atoms with Gasteiger partial charge in [-0.2, -0.15) is 5.10 Å². The highest BCUT2D eigenvalue weighted by Crippen LogP contribution is 2.32. The van der Waals surface area contributed by atoms with E-state index in [0.717, 1.165) is 30.8 Å². The Balaban J connectivity index is 1.53. The van der Waals surface area contributed by atoms with Crippen LogP contribution in [-0.2, 0) is 6.54 Å². The molecular weight excluding hydrogens is 402 g/mol. The van der Waals surface area contributed by atoms with Crippen molar-refractivity contribution in [1.82, 2.24) is 9.78 Å². The standard InChI is InChI=1S/C21H23N5O3S/c1-15-7-10-24(11-8-15)18-5-4-16(13-19(18)26(28)29)21(27)23-20-6-9-22-25(20)14-17-3-2-12-30-17/h2-6,9,12-13,15H,7-8,10-11,14H2,1H3,(H,23,27). The lowest BCUT2D eigenvalue weighted by molar-refractivity contribution is -0.384. The van der Waals surface area contributed by atoms with Gasteiger partial charge in [-0.25, -0.2) is 4.68 Å². The van der Waals surface area contributed by atoms with E-state index in [0.29, 0.717) is 24.0 Å². The Hall–Kier alpha value is -3.20. The number of carbonyl (C=O) groups excluding carboxylic acids is 1. The molecule has 0 aliphatic carbocycles. The third-order valence-corrected chi connectivity index (χ3v) is 6.26. The highest BCUT2D eigenvalue weighted by atomic mass is 32.1. The molecule has 1 aliphatic heterocycles. The SMILES string of the molecule is CC1CCN(c2ccc(C(=O)Nc3ccnn3Cc3cccs3)cc2[N+](=O)[O-])CC1. The van der Waals surface area contributed by atoms with Crippen LogP contribution in [0.3, 0.4) is 0 Å². The Kier molecular flexibility index (Phi) is 5.80. The number of aromatic nitrogens is 2. The summed E-state index contributed by atoms with van der Waals surface area (Å²) in [6.07, 6.45) is 3.63. The molecule has 1 amide bonds. The maximum absolute atomic E-state index is 12.8. The molecule has 1 saturated heterocycles. The lowest BCUT2D eigenvalue weighted by Crippen LogP contribution is -2.33. The zero-order valence-corrected chi connectivity index (χ0v) is 17.5. The summed E-state index contributed by atoms with van der Waals surface area (Å²) in [5.74, 6) is 0.777. The summed E-state index contributed by atoms with van der Waals surface area (Å²) in [7, 11) is 0. The lowest BCUT2D eigenvalue weighted by Gasteiger charge is -2.31. The average molecular weight is 426 g/mol. The van der Waals surface area contributed by atoms with Crippen molar-refractivity contribution in [1.29, 1.82) is 0 Å². The predicted molar refractivity (Wildman–Crippen MR) is 117 cm³/mol. The van der Waals surface area contributed by atoms with Crippen molar-refractivity contribution in [2.75, 3.05) is 23.3 Å². The van der Waals surface area contributed by atoms with Crippen molar-refractivity contribution in [3.63, 3.8) is 0 Å². The number of hydrogen-bond acceptors (Lipinski definition) is 6. The maximum atomic E-state index is 12.8. The molecule has 30 heavy (non-hydrogen) atoms. The van der Waals surface area contributed by atoms with Crippen LogP contribution in [0, 0.1) is 16.0 Å². The summed E-state index contributed by atoms with van der Waals surface area (Å²) in [5.41, 5.74) is 0.787. The van der Waals surface area contributed by atoms with Crippen molar-refractivity contribution in [3.05, 3.63) is 68.5 Å². The molecule has 1 N–H and O–H groups in total. The molecule has 9 heteroatoms. The van der Waals surface area contributed by atoms with Gasteiger partial charge >= 0.3 is 0 Å². The van der Waals surface area contributed by atoms with Crippen LogP contribution in [-0.4, -0.2) is 33.7 Å². The van der Waals surface area contributed by atoms with Gasteiger partial charge < -0.3 is 10.2 Å². The Bertz CT molecular complexity index is 1040. The topological polar surface area (TPSA) is 93.3 Å². The molecule has 0 atom stereocenters. The highest BCUT2D eigenvalue weighted by Gasteiger charge is 2.25. The minimum Gasteiger partial charge on any atom is -0.366 e. The second-order valence-corrected chi connectivity index (χ2v) is 8.57. The molecule has 1 fully saturated rings. The molecule has 3 heterocycles. The minimum absolute atomic E-state index is 0.0377. The molecule has 0 bridgehead atoms. The van der Waals surface area contributed by atoms with E-state index in [1.54, 1.807) is 40.4 Å². The summed E-state index contributed by atoms with van der Waals surface area (Å²) in [4.78, 5) is 27.2. The van der Waals surface area contributed by atoms with Crippen molar-refractivity contribution < 1.29 is 9.72 Å². The van der Waals surface area contributed by atoms with Crippen LogP contribution in [0.25, 0.3) is 0 Å². The number of anilines is 2. The quantitative estimate of drug-likeness (QED) is 0.467. The Morgan fingerprint density at radius 1 is 1.30 bits per heavy atom. The lowest BCUT2D eigenvalue weighted by atomic mass is 9.98. The van der Waals surface area contributed by atoms with Gasteiger partial charge in [0.2, 0.25) is 0 Å². The minimum atomic E-state index is -0.412. The number of nitrogens with one attached hydrogen (secondary N) is 1. The summed E-state index contributed by atoms with van der Waals surface area (Å²) in [5, 5.41) is 20.8. The zero-order chi connectivity index (χ0) is 21.1. The third kappa shape index (κ3) is 4.35. The van der Waals surface area contributed by atoms with E-state index >= 15 is 0 Å². The summed E-state index contributed by atoms with van der Waals surface area (Å²) in [6, 6.07) is 10.4. The number of nitrogens with zero attached hydrogens (tertiary/aromatic N) is 4. The molecule has 1 aliphatic rings. The fraction of sp³-hybridized carbons (Fsp3) is 0.333. The normalized spacial score (nSPS) is 14.6. The number of nitro benzene ring substituents is 1. The molecule has 156 valence electrons. The van der Waals surface area contributed by atoms with Crippen molar-refractivity contribution in [3.8, 4) is 0 Å². The molecule has 0 spiro atoms. The molecule has 4 rings (SSSR count). The number of benzene rings is 1.